The van der Waals surface area contributed by atoms with Gasteiger partial charge >= 0.3 is 0 Å². The zero-order valence-electron chi connectivity index (χ0n) is 8.20. The molecule has 0 saturated carbocycles. The third kappa shape index (κ3) is 1.40. The molecule has 0 radical (unpaired) electrons. The Hall–Kier alpha value is -1.15. The SMILES string of the molecule is Brc1cncc2c1-c1ccccc1CC2. The molecule has 0 N–H and O–H groups in total. The van der Waals surface area contributed by atoms with Crippen molar-refractivity contribution in [1.29, 1.82) is 0 Å². The average molecular weight is 260 g/mol. The van der Waals surface area contributed by atoms with Gasteiger partial charge in [-0.2, -0.15) is 0 Å². The molecule has 1 aliphatic carbocycles. The van der Waals surface area contributed by atoms with Gasteiger partial charge in [0.05, 0.1) is 0 Å². The second kappa shape index (κ2) is 3.46. The molecule has 1 aromatic heterocycles. The maximum absolute atomic E-state index is 4.22. The zero-order valence-corrected chi connectivity index (χ0v) is 9.79. The minimum atomic E-state index is 1.10. The van der Waals surface area contributed by atoms with Crippen LogP contribution >= 0.6 is 15.9 Å². The van der Waals surface area contributed by atoms with Crippen LogP contribution in [-0.2, 0) is 12.8 Å². The number of halogens is 1. The fourth-order valence-electron chi connectivity index (χ4n) is 2.22. The molecule has 0 aliphatic heterocycles. The lowest BCUT2D eigenvalue weighted by molar-refractivity contribution is 0.929. The van der Waals surface area contributed by atoms with E-state index in [1.165, 1.54) is 22.3 Å². The first kappa shape index (κ1) is 9.10. The summed E-state index contributed by atoms with van der Waals surface area (Å²) in [5.74, 6) is 0. The van der Waals surface area contributed by atoms with Crippen LogP contribution in [-0.4, -0.2) is 4.98 Å². The summed E-state index contributed by atoms with van der Waals surface area (Å²) >= 11 is 3.59. The maximum Gasteiger partial charge on any atom is 0.0440 e. The molecular formula is C13H10BrN. The summed E-state index contributed by atoms with van der Waals surface area (Å²) in [6.07, 6.45) is 6.08. The Kier molecular flexibility index (Phi) is 2.10. The highest BCUT2D eigenvalue weighted by Gasteiger charge is 2.17. The first-order chi connectivity index (χ1) is 7.36. The van der Waals surface area contributed by atoms with Gasteiger partial charge in [-0.05, 0) is 45.5 Å². The quantitative estimate of drug-likeness (QED) is 0.705. The van der Waals surface area contributed by atoms with Crippen LogP contribution in [0.25, 0.3) is 11.1 Å². The minimum Gasteiger partial charge on any atom is -0.263 e. The number of nitrogens with zero attached hydrogens (tertiary/aromatic N) is 1. The largest absolute Gasteiger partial charge is 0.263 e. The second-order valence-electron chi connectivity index (χ2n) is 3.81. The number of fused-ring (bicyclic) bond motifs is 3. The topological polar surface area (TPSA) is 12.9 Å². The monoisotopic (exact) mass is 259 g/mol. The predicted molar refractivity (Wildman–Crippen MR) is 64.8 cm³/mol. The Morgan fingerprint density at radius 2 is 1.80 bits per heavy atom. The zero-order chi connectivity index (χ0) is 10.3. The van der Waals surface area contributed by atoms with E-state index in [-0.39, 0.29) is 0 Å². The van der Waals surface area contributed by atoms with Crippen molar-refractivity contribution in [3.05, 3.63) is 52.3 Å². The van der Waals surface area contributed by atoms with Crippen molar-refractivity contribution < 1.29 is 0 Å². The van der Waals surface area contributed by atoms with Crippen molar-refractivity contribution in [2.75, 3.05) is 0 Å². The smallest absolute Gasteiger partial charge is 0.0440 e. The van der Waals surface area contributed by atoms with Crippen molar-refractivity contribution in [3.63, 3.8) is 0 Å². The average Bonchev–Trinajstić information content (AvgIpc) is 2.29. The highest BCUT2D eigenvalue weighted by molar-refractivity contribution is 9.10. The summed E-state index contributed by atoms with van der Waals surface area (Å²) in [7, 11) is 0. The number of pyridine rings is 1. The van der Waals surface area contributed by atoms with Gasteiger partial charge in [0.25, 0.3) is 0 Å². The number of hydrogen-bond acceptors (Lipinski definition) is 1. The Morgan fingerprint density at radius 1 is 1.00 bits per heavy atom. The number of benzene rings is 1. The van der Waals surface area contributed by atoms with E-state index < -0.39 is 0 Å². The first-order valence-electron chi connectivity index (χ1n) is 5.07. The van der Waals surface area contributed by atoms with Gasteiger partial charge in [-0.15, -0.1) is 0 Å². The van der Waals surface area contributed by atoms with E-state index in [9.17, 15) is 0 Å². The van der Waals surface area contributed by atoms with Crippen LogP contribution in [0, 0.1) is 0 Å². The Balaban J connectivity index is 2.33. The normalized spacial score (nSPS) is 13.1. The molecule has 2 aromatic rings. The van der Waals surface area contributed by atoms with E-state index in [4.69, 9.17) is 0 Å². The summed E-state index contributed by atoms with van der Waals surface area (Å²) in [5.41, 5.74) is 5.47. The van der Waals surface area contributed by atoms with Crippen LogP contribution in [0.5, 0.6) is 0 Å². The molecule has 0 unspecified atom stereocenters. The van der Waals surface area contributed by atoms with Crippen LogP contribution in [0.2, 0.25) is 0 Å². The number of rotatable bonds is 0. The third-order valence-corrected chi connectivity index (χ3v) is 3.53. The Labute approximate surface area is 97.3 Å². The molecule has 1 aromatic carbocycles. The molecule has 0 amide bonds. The standard InChI is InChI=1S/C13H10BrN/c14-12-8-15-7-10-6-5-9-3-1-2-4-11(9)13(10)12/h1-4,7-8H,5-6H2. The van der Waals surface area contributed by atoms with Gasteiger partial charge in [0.2, 0.25) is 0 Å². The lowest BCUT2D eigenvalue weighted by Crippen LogP contribution is -2.04. The van der Waals surface area contributed by atoms with E-state index in [0.717, 1.165) is 17.3 Å². The molecule has 0 atom stereocenters. The second-order valence-corrected chi connectivity index (χ2v) is 4.67. The van der Waals surface area contributed by atoms with Crippen molar-refractivity contribution >= 4 is 15.9 Å². The molecule has 3 rings (SSSR count). The third-order valence-electron chi connectivity index (χ3n) is 2.93. The Bertz CT molecular complexity index is 520. The van der Waals surface area contributed by atoms with Gasteiger partial charge in [0.1, 0.15) is 0 Å². The van der Waals surface area contributed by atoms with Crippen LogP contribution in [0.15, 0.2) is 41.1 Å². The summed E-state index contributed by atoms with van der Waals surface area (Å²) in [6.45, 7) is 0. The summed E-state index contributed by atoms with van der Waals surface area (Å²) in [6, 6.07) is 8.61. The van der Waals surface area contributed by atoms with Gasteiger partial charge in [-0.25, -0.2) is 0 Å². The van der Waals surface area contributed by atoms with Gasteiger partial charge in [-0.3, -0.25) is 4.98 Å². The predicted octanol–water partition coefficient (Wildman–Crippen LogP) is 3.61. The van der Waals surface area contributed by atoms with E-state index in [0.29, 0.717) is 0 Å². The molecule has 2 heteroatoms. The van der Waals surface area contributed by atoms with Gasteiger partial charge < -0.3 is 0 Å². The summed E-state index contributed by atoms with van der Waals surface area (Å²) in [5, 5.41) is 0. The number of hydrogen-bond donors (Lipinski definition) is 0. The van der Waals surface area contributed by atoms with Crippen molar-refractivity contribution in [1.82, 2.24) is 4.98 Å². The minimum absolute atomic E-state index is 1.10. The van der Waals surface area contributed by atoms with Crippen molar-refractivity contribution in [2.45, 2.75) is 12.8 Å². The molecule has 0 spiro atoms. The van der Waals surface area contributed by atoms with E-state index >= 15 is 0 Å². The molecule has 1 heterocycles. The molecule has 15 heavy (non-hydrogen) atoms. The Morgan fingerprint density at radius 3 is 2.73 bits per heavy atom. The van der Waals surface area contributed by atoms with Crippen molar-refractivity contribution in [3.8, 4) is 11.1 Å². The van der Waals surface area contributed by atoms with Gasteiger partial charge in [-0.1, -0.05) is 24.3 Å². The summed E-state index contributed by atoms with van der Waals surface area (Å²) < 4.78 is 1.10. The number of aryl methyl sites for hydroxylation is 2. The van der Waals surface area contributed by atoms with Gasteiger partial charge in [0.15, 0.2) is 0 Å². The number of aromatic nitrogens is 1. The molecule has 0 fully saturated rings. The fourth-order valence-corrected chi connectivity index (χ4v) is 2.80. The highest BCUT2D eigenvalue weighted by Crippen LogP contribution is 2.37. The fraction of sp³-hybridized carbons (Fsp3) is 0.154. The lowest BCUT2D eigenvalue weighted by Gasteiger charge is -2.20. The molecule has 1 aliphatic rings. The van der Waals surface area contributed by atoms with Crippen molar-refractivity contribution in [2.24, 2.45) is 0 Å². The maximum atomic E-state index is 4.22. The summed E-state index contributed by atoms with van der Waals surface area (Å²) in [4.78, 5) is 4.22. The van der Waals surface area contributed by atoms with E-state index in [1.807, 2.05) is 12.4 Å². The molecular weight excluding hydrogens is 250 g/mol. The highest BCUT2D eigenvalue weighted by atomic mass is 79.9. The first-order valence-corrected chi connectivity index (χ1v) is 5.86. The molecule has 0 bridgehead atoms. The molecule has 0 saturated heterocycles. The van der Waals surface area contributed by atoms with Crippen LogP contribution in [0.1, 0.15) is 11.1 Å². The van der Waals surface area contributed by atoms with Crippen LogP contribution in [0.4, 0.5) is 0 Å². The van der Waals surface area contributed by atoms with Gasteiger partial charge in [0, 0.05) is 22.4 Å². The van der Waals surface area contributed by atoms with E-state index in [2.05, 4.69) is 45.2 Å². The van der Waals surface area contributed by atoms with Crippen LogP contribution < -0.4 is 0 Å². The molecule has 74 valence electrons. The lowest BCUT2D eigenvalue weighted by atomic mass is 9.87. The molecule has 1 nitrogen and oxygen atoms in total. The van der Waals surface area contributed by atoms with E-state index in [1.54, 1.807) is 0 Å². The van der Waals surface area contributed by atoms with Crippen LogP contribution in [0.3, 0.4) is 0 Å².